The van der Waals surface area contributed by atoms with Gasteiger partial charge in [-0.1, -0.05) is 69.7 Å². The van der Waals surface area contributed by atoms with Crippen LogP contribution in [0, 0.1) is 6.92 Å². The molecule has 4 nitrogen and oxygen atoms in total. The highest BCUT2D eigenvalue weighted by molar-refractivity contribution is 9.11. The third kappa shape index (κ3) is 3.13. The van der Waals surface area contributed by atoms with Crippen molar-refractivity contribution in [2.75, 3.05) is 0 Å². The first-order chi connectivity index (χ1) is 14.0. The van der Waals surface area contributed by atoms with Gasteiger partial charge in [-0.3, -0.25) is 4.79 Å². The zero-order valence-electron chi connectivity index (χ0n) is 15.2. The SMILES string of the molecule is Cc1cccc2sc(-n3c(-c4ccccc4)nc4c(Br)cc(Br)cc4c3=O)nc12. The Balaban J connectivity index is 1.93. The molecule has 0 bridgehead atoms. The zero-order chi connectivity index (χ0) is 20.1. The molecule has 3 aromatic carbocycles. The van der Waals surface area contributed by atoms with Gasteiger partial charge in [0.25, 0.3) is 5.56 Å². The van der Waals surface area contributed by atoms with Gasteiger partial charge in [-0.2, -0.15) is 0 Å². The fourth-order valence-electron chi connectivity index (χ4n) is 3.34. The van der Waals surface area contributed by atoms with E-state index in [9.17, 15) is 4.79 Å². The van der Waals surface area contributed by atoms with E-state index in [2.05, 4.69) is 31.9 Å². The normalized spacial score (nSPS) is 11.4. The molecule has 5 rings (SSSR count). The lowest BCUT2D eigenvalue weighted by Crippen LogP contribution is -2.22. The molecule has 2 heterocycles. The van der Waals surface area contributed by atoms with Crippen LogP contribution in [0.4, 0.5) is 0 Å². The molecule has 0 spiro atoms. The summed E-state index contributed by atoms with van der Waals surface area (Å²) in [5.41, 5.74) is 3.34. The molecule has 0 saturated carbocycles. The minimum Gasteiger partial charge on any atom is -0.268 e. The lowest BCUT2D eigenvalue weighted by molar-refractivity contribution is 0.963. The molecule has 29 heavy (non-hydrogen) atoms. The summed E-state index contributed by atoms with van der Waals surface area (Å²) >= 11 is 8.53. The predicted octanol–water partition coefficient (Wildman–Crippen LogP) is 6.50. The number of fused-ring (bicyclic) bond motifs is 2. The fourth-order valence-corrected chi connectivity index (χ4v) is 5.70. The summed E-state index contributed by atoms with van der Waals surface area (Å²) in [5, 5.41) is 1.14. The molecule has 0 fully saturated rings. The molecule has 0 N–H and O–H groups in total. The second kappa shape index (κ2) is 7.16. The topological polar surface area (TPSA) is 47.8 Å². The van der Waals surface area contributed by atoms with Crippen LogP contribution in [-0.2, 0) is 0 Å². The van der Waals surface area contributed by atoms with Crippen LogP contribution in [0.25, 0.3) is 37.6 Å². The molecular weight excluding hydrogens is 514 g/mol. The van der Waals surface area contributed by atoms with Crippen LogP contribution in [0.2, 0.25) is 0 Å². The summed E-state index contributed by atoms with van der Waals surface area (Å²) in [6, 6.07) is 19.5. The molecule has 0 unspecified atom stereocenters. The Morgan fingerprint density at radius 2 is 1.72 bits per heavy atom. The Morgan fingerprint density at radius 3 is 2.48 bits per heavy atom. The molecule has 142 valence electrons. The summed E-state index contributed by atoms with van der Waals surface area (Å²) in [6.07, 6.45) is 0. The molecule has 0 aliphatic heterocycles. The molecule has 7 heteroatoms. The van der Waals surface area contributed by atoms with Gasteiger partial charge in [0, 0.05) is 14.5 Å². The number of nitrogens with zero attached hydrogens (tertiary/aromatic N) is 3. The molecule has 0 saturated heterocycles. The Hall–Kier alpha value is -2.35. The first-order valence-corrected chi connectivity index (χ1v) is 11.3. The van der Waals surface area contributed by atoms with E-state index in [1.807, 2.05) is 61.5 Å². The van der Waals surface area contributed by atoms with Crippen LogP contribution in [0.3, 0.4) is 0 Å². The first kappa shape index (κ1) is 18.7. The van der Waals surface area contributed by atoms with Gasteiger partial charge in [0.15, 0.2) is 5.13 Å². The quantitative estimate of drug-likeness (QED) is 0.264. The number of para-hydroxylation sites is 1. The fraction of sp³-hybridized carbons (Fsp3) is 0.0455. The van der Waals surface area contributed by atoms with Crippen LogP contribution >= 0.6 is 43.2 Å². The van der Waals surface area contributed by atoms with Gasteiger partial charge in [0.2, 0.25) is 0 Å². The number of aromatic nitrogens is 3. The molecule has 0 amide bonds. The minimum atomic E-state index is -0.146. The third-order valence-corrected chi connectivity index (χ3v) is 6.79. The van der Waals surface area contributed by atoms with Gasteiger partial charge >= 0.3 is 0 Å². The second-order valence-electron chi connectivity index (χ2n) is 6.64. The van der Waals surface area contributed by atoms with Crippen molar-refractivity contribution in [1.82, 2.24) is 14.5 Å². The summed E-state index contributed by atoms with van der Waals surface area (Å²) in [4.78, 5) is 23.3. The van der Waals surface area contributed by atoms with Crippen molar-refractivity contribution in [1.29, 1.82) is 0 Å². The van der Waals surface area contributed by atoms with E-state index in [-0.39, 0.29) is 5.56 Å². The van der Waals surface area contributed by atoms with Crippen molar-refractivity contribution in [2.24, 2.45) is 0 Å². The maximum atomic E-state index is 13.6. The highest BCUT2D eigenvalue weighted by Crippen LogP contribution is 2.32. The maximum Gasteiger partial charge on any atom is 0.268 e. The van der Waals surface area contributed by atoms with Crippen LogP contribution in [-0.4, -0.2) is 14.5 Å². The summed E-state index contributed by atoms with van der Waals surface area (Å²) in [7, 11) is 0. The van der Waals surface area contributed by atoms with Gasteiger partial charge in [-0.25, -0.2) is 14.5 Å². The average molecular weight is 527 g/mol. The number of rotatable bonds is 2. The summed E-state index contributed by atoms with van der Waals surface area (Å²) in [5.74, 6) is 0.572. The molecule has 0 aliphatic carbocycles. The highest BCUT2D eigenvalue weighted by atomic mass is 79.9. The number of benzene rings is 3. The monoisotopic (exact) mass is 525 g/mol. The summed E-state index contributed by atoms with van der Waals surface area (Å²) < 4.78 is 4.25. The molecule has 0 radical (unpaired) electrons. The minimum absolute atomic E-state index is 0.146. The third-order valence-electron chi connectivity index (χ3n) is 4.72. The highest BCUT2D eigenvalue weighted by Gasteiger charge is 2.19. The van der Waals surface area contributed by atoms with Crippen LogP contribution in [0.15, 0.2) is 74.4 Å². The molecule has 0 aliphatic rings. The zero-order valence-corrected chi connectivity index (χ0v) is 19.2. The molecule has 5 aromatic rings. The van der Waals surface area contributed by atoms with E-state index in [1.54, 1.807) is 10.6 Å². The van der Waals surface area contributed by atoms with Crippen molar-refractivity contribution < 1.29 is 0 Å². The van der Waals surface area contributed by atoms with Crippen LogP contribution in [0.1, 0.15) is 5.56 Å². The number of hydrogen-bond acceptors (Lipinski definition) is 4. The Kier molecular flexibility index (Phi) is 4.61. The first-order valence-electron chi connectivity index (χ1n) is 8.86. The van der Waals surface area contributed by atoms with E-state index < -0.39 is 0 Å². The van der Waals surface area contributed by atoms with Crippen LogP contribution < -0.4 is 5.56 Å². The van der Waals surface area contributed by atoms with Gasteiger partial charge in [0.05, 0.1) is 21.1 Å². The van der Waals surface area contributed by atoms with E-state index in [0.717, 1.165) is 30.3 Å². The number of thiazole rings is 1. The largest absolute Gasteiger partial charge is 0.268 e. The second-order valence-corrected chi connectivity index (χ2v) is 9.42. The van der Waals surface area contributed by atoms with Crippen molar-refractivity contribution in [3.63, 3.8) is 0 Å². The maximum absolute atomic E-state index is 13.6. The van der Waals surface area contributed by atoms with Gasteiger partial charge in [-0.15, -0.1) is 0 Å². The standard InChI is InChI=1S/C22H13Br2N3OS/c1-12-6-5-9-17-18(12)26-22(29-17)27-20(13-7-3-2-4-8-13)25-19-15(21(27)28)10-14(23)11-16(19)24/h2-11H,1H3. The molecular formula is C22H13Br2N3OS. The molecule has 2 aromatic heterocycles. The van der Waals surface area contributed by atoms with E-state index in [1.165, 1.54) is 11.3 Å². The number of aryl methyl sites for hydroxylation is 1. The van der Waals surface area contributed by atoms with E-state index in [4.69, 9.17) is 9.97 Å². The van der Waals surface area contributed by atoms with Crippen molar-refractivity contribution >= 4 is 64.3 Å². The van der Waals surface area contributed by atoms with Crippen LogP contribution in [0.5, 0.6) is 0 Å². The van der Waals surface area contributed by atoms with Gasteiger partial charge in [-0.05, 0) is 46.6 Å². The predicted molar refractivity (Wildman–Crippen MR) is 126 cm³/mol. The average Bonchev–Trinajstić information content (AvgIpc) is 3.14. The van der Waals surface area contributed by atoms with Gasteiger partial charge < -0.3 is 0 Å². The Bertz CT molecular complexity index is 1460. The smallest absolute Gasteiger partial charge is 0.268 e. The molecule has 0 atom stereocenters. The summed E-state index contributed by atoms with van der Waals surface area (Å²) in [6.45, 7) is 2.03. The number of halogens is 2. The lowest BCUT2D eigenvalue weighted by atomic mass is 10.2. The van der Waals surface area contributed by atoms with Crippen molar-refractivity contribution in [3.8, 4) is 16.5 Å². The van der Waals surface area contributed by atoms with Gasteiger partial charge in [0.1, 0.15) is 5.82 Å². The Morgan fingerprint density at radius 1 is 0.931 bits per heavy atom. The van der Waals surface area contributed by atoms with E-state index in [0.29, 0.717) is 21.9 Å². The van der Waals surface area contributed by atoms with Crippen molar-refractivity contribution in [2.45, 2.75) is 6.92 Å². The van der Waals surface area contributed by atoms with E-state index >= 15 is 0 Å². The lowest BCUT2D eigenvalue weighted by Gasteiger charge is -2.12. The van der Waals surface area contributed by atoms with Crippen molar-refractivity contribution in [3.05, 3.63) is 85.5 Å². The Labute approximate surface area is 187 Å². The number of hydrogen-bond donors (Lipinski definition) is 0.